The third-order valence-electron chi connectivity index (χ3n) is 5.19. The number of halogens is 1. The summed E-state index contributed by atoms with van der Waals surface area (Å²) in [5.41, 5.74) is 2.90. The number of fused-ring (bicyclic) bond motifs is 1. The molecule has 8 heteroatoms. The first-order chi connectivity index (χ1) is 12.9. The second kappa shape index (κ2) is 7.33. The van der Waals surface area contributed by atoms with Crippen molar-refractivity contribution in [2.24, 2.45) is 0 Å². The second-order valence-electron chi connectivity index (χ2n) is 6.87. The highest BCUT2D eigenvalue weighted by molar-refractivity contribution is 9.10. The van der Waals surface area contributed by atoms with Crippen molar-refractivity contribution in [3.63, 3.8) is 0 Å². The predicted molar refractivity (Wildman–Crippen MR) is 105 cm³/mol. The molecule has 27 heavy (non-hydrogen) atoms. The highest BCUT2D eigenvalue weighted by Gasteiger charge is 2.31. The van der Waals surface area contributed by atoms with Crippen LogP contribution in [0.25, 0.3) is 0 Å². The predicted octanol–water partition coefficient (Wildman–Crippen LogP) is 2.48. The Kier molecular flexibility index (Phi) is 5.05. The van der Waals surface area contributed by atoms with E-state index in [4.69, 9.17) is 0 Å². The van der Waals surface area contributed by atoms with Crippen molar-refractivity contribution in [2.45, 2.75) is 24.2 Å². The molecule has 0 atom stereocenters. The molecule has 1 aliphatic heterocycles. The standard InChI is InChI=1S/C19H20BrN3O3S/c20-17-10-16(12-21-13-17)19(24)22-6-8-23(9-7-22)27(25,26)18-5-4-14-2-1-3-15(14)11-18/h4-5,10-13H,1-3,6-9H2. The van der Waals surface area contributed by atoms with Gasteiger partial charge >= 0.3 is 0 Å². The zero-order valence-electron chi connectivity index (χ0n) is 14.8. The second-order valence-corrected chi connectivity index (χ2v) is 9.73. The Labute approximate surface area is 167 Å². The number of piperazine rings is 1. The minimum atomic E-state index is -3.53. The summed E-state index contributed by atoms with van der Waals surface area (Å²) in [7, 11) is -3.53. The van der Waals surface area contributed by atoms with E-state index in [1.807, 2.05) is 12.1 Å². The summed E-state index contributed by atoms with van der Waals surface area (Å²) in [5.74, 6) is -0.127. The van der Waals surface area contributed by atoms with Crippen molar-refractivity contribution in [1.82, 2.24) is 14.2 Å². The molecule has 0 spiro atoms. The lowest BCUT2D eigenvalue weighted by atomic mass is 10.1. The summed E-state index contributed by atoms with van der Waals surface area (Å²) in [6.45, 7) is 1.34. The van der Waals surface area contributed by atoms with E-state index >= 15 is 0 Å². The van der Waals surface area contributed by atoms with Crippen molar-refractivity contribution in [2.75, 3.05) is 26.2 Å². The number of carbonyl (C=O) groups excluding carboxylic acids is 1. The molecule has 1 fully saturated rings. The summed E-state index contributed by atoms with van der Waals surface area (Å²) < 4.78 is 28.2. The Balaban J connectivity index is 1.46. The van der Waals surface area contributed by atoms with Crippen molar-refractivity contribution >= 4 is 31.9 Å². The van der Waals surface area contributed by atoms with Gasteiger partial charge in [-0.25, -0.2) is 8.42 Å². The van der Waals surface area contributed by atoms with Gasteiger partial charge in [-0.15, -0.1) is 0 Å². The SMILES string of the molecule is O=C(c1cncc(Br)c1)N1CCN(S(=O)(=O)c2ccc3c(c2)CCC3)CC1. The molecule has 1 saturated heterocycles. The molecular weight excluding hydrogens is 430 g/mol. The highest BCUT2D eigenvalue weighted by atomic mass is 79.9. The van der Waals surface area contributed by atoms with Crippen LogP contribution in [0.15, 0.2) is 46.0 Å². The van der Waals surface area contributed by atoms with Gasteiger partial charge in [0, 0.05) is 43.0 Å². The molecule has 1 aromatic carbocycles. The van der Waals surface area contributed by atoms with E-state index in [1.165, 1.54) is 16.1 Å². The van der Waals surface area contributed by atoms with Gasteiger partial charge in [0.15, 0.2) is 0 Å². The molecule has 6 nitrogen and oxygen atoms in total. The number of nitrogens with zero attached hydrogens (tertiary/aromatic N) is 3. The first-order valence-electron chi connectivity index (χ1n) is 8.97. The van der Waals surface area contributed by atoms with E-state index < -0.39 is 10.0 Å². The van der Waals surface area contributed by atoms with Gasteiger partial charge in [-0.2, -0.15) is 4.31 Å². The van der Waals surface area contributed by atoms with E-state index in [-0.39, 0.29) is 5.91 Å². The Morgan fingerprint density at radius 3 is 2.48 bits per heavy atom. The first-order valence-corrected chi connectivity index (χ1v) is 11.2. The average Bonchev–Trinajstić information content (AvgIpc) is 3.15. The normalized spacial score (nSPS) is 17.7. The number of amides is 1. The molecule has 1 amide bonds. The molecule has 2 aliphatic rings. The van der Waals surface area contributed by atoms with Crippen LogP contribution in [0.1, 0.15) is 27.9 Å². The monoisotopic (exact) mass is 449 g/mol. The minimum Gasteiger partial charge on any atom is -0.336 e. The first kappa shape index (κ1) is 18.6. The van der Waals surface area contributed by atoms with E-state index in [2.05, 4.69) is 20.9 Å². The lowest BCUT2D eigenvalue weighted by Crippen LogP contribution is -2.50. The molecule has 4 rings (SSSR count). The lowest BCUT2D eigenvalue weighted by molar-refractivity contribution is 0.0697. The van der Waals surface area contributed by atoms with E-state index in [1.54, 1.807) is 23.2 Å². The van der Waals surface area contributed by atoms with Crippen LogP contribution in [0.3, 0.4) is 0 Å². The molecule has 2 aromatic rings. The average molecular weight is 450 g/mol. The van der Waals surface area contributed by atoms with Crippen LogP contribution in [0, 0.1) is 0 Å². The summed E-state index contributed by atoms with van der Waals surface area (Å²) in [4.78, 5) is 18.7. The molecule has 0 radical (unpaired) electrons. The maximum atomic E-state index is 13.0. The van der Waals surface area contributed by atoms with Crippen LogP contribution in [-0.2, 0) is 22.9 Å². The van der Waals surface area contributed by atoms with Crippen LogP contribution in [-0.4, -0.2) is 54.7 Å². The third kappa shape index (κ3) is 3.66. The van der Waals surface area contributed by atoms with Crippen LogP contribution in [0.2, 0.25) is 0 Å². The smallest absolute Gasteiger partial charge is 0.255 e. The molecule has 0 saturated carbocycles. The van der Waals surface area contributed by atoms with Crippen LogP contribution in [0.4, 0.5) is 0 Å². The quantitative estimate of drug-likeness (QED) is 0.721. The van der Waals surface area contributed by atoms with Crippen molar-refractivity contribution in [3.8, 4) is 0 Å². The van der Waals surface area contributed by atoms with E-state index in [9.17, 15) is 13.2 Å². The topological polar surface area (TPSA) is 70.6 Å². The van der Waals surface area contributed by atoms with Gasteiger partial charge in [0.25, 0.3) is 5.91 Å². The number of sulfonamides is 1. The molecular formula is C19H20BrN3O3S. The lowest BCUT2D eigenvalue weighted by Gasteiger charge is -2.34. The molecule has 0 bridgehead atoms. The number of hydrogen-bond donors (Lipinski definition) is 0. The molecule has 142 valence electrons. The maximum absolute atomic E-state index is 13.0. The van der Waals surface area contributed by atoms with E-state index in [0.29, 0.717) is 36.6 Å². The summed E-state index contributed by atoms with van der Waals surface area (Å²) in [5, 5.41) is 0. The molecule has 2 heterocycles. The van der Waals surface area contributed by atoms with Gasteiger partial charge in [0.05, 0.1) is 10.5 Å². The fourth-order valence-corrected chi connectivity index (χ4v) is 5.54. The number of pyridine rings is 1. The fourth-order valence-electron chi connectivity index (χ4n) is 3.70. The van der Waals surface area contributed by atoms with Gasteiger partial charge in [-0.05, 0) is 64.5 Å². The molecule has 0 unspecified atom stereocenters. The van der Waals surface area contributed by atoms with E-state index in [0.717, 1.165) is 29.3 Å². The van der Waals surface area contributed by atoms with Crippen LogP contribution in [0.5, 0.6) is 0 Å². The minimum absolute atomic E-state index is 0.127. The van der Waals surface area contributed by atoms with Crippen molar-refractivity contribution in [3.05, 3.63) is 57.8 Å². The molecule has 1 aliphatic carbocycles. The van der Waals surface area contributed by atoms with Crippen molar-refractivity contribution < 1.29 is 13.2 Å². The fraction of sp³-hybridized carbons (Fsp3) is 0.368. The van der Waals surface area contributed by atoms with Gasteiger partial charge < -0.3 is 4.90 Å². The van der Waals surface area contributed by atoms with Crippen molar-refractivity contribution in [1.29, 1.82) is 0 Å². The number of benzene rings is 1. The number of rotatable bonds is 3. The third-order valence-corrected chi connectivity index (χ3v) is 7.51. The Morgan fingerprint density at radius 1 is 1.00 bits per heavy atom. The maximum Gasteiger partial charge on any atom is 0.255 e. The Morgan fingerprint density at radius 2 is 1.74 bits per heavy atom. The highest BCUT2D eigenvalue weighted by Crippen LogP contribution is 2.27. The molecule has 0 N–H and O–H groups in total. The van der Waals surface area contributed by atoms with Crippen LogP contribution < -0.4 is 0 Å². The summed E-state index contributed by atoms with van der Waals surface area (Å²) in [6, 6.07) is 7.20. The van der Waals surface area contributed by atoms with Gasteiger partial charge in [0.1, 0.15) is 0 Å². The van der Waals surface area contributed by atoms with Gasteiger partial charge in [-0.1, -0.05) is 6.07 Å². The number of hydrogen-bond acceptors (Lipinski definition) is 4. The van der Waals surface area contributed by atoms with Crippen LogP contribution >= 0.6 is 15.9 Å². The zero-order chi connectivity index (χ0) is 19.0. The number of carbonyl (C=O) groups is 1. The van der Waals surface area contributed by atoms with Gasteiger partial charge in [0.2, 0.25) is 10.0 Å². The Hall–Kier alpha value is -1.77. The zero-order valence-corrected chi connectivity index (χ0v) is 17.2. The summed E-state index contributed by atoms with van der Waals surface area (Å²) in [6.07, 6.45) is 6.21. The van der Waals surface area contributed by atoms with Gasteiger partial charge in [-0.3, -0.25) is 9.78 Å². The molecule has 1 aromatic heterocycles. The summed E-state index contributed by atoms with van der Waals surface area (Å²) >= 11 is 3.32. The largest absolute Gasteiger partial charge is 0.336 e. The Bertz CT molecular complexity index is 985. The number of aromatic nitrogens is 1. The number of aryl methyl sites for hydroxylation is 2.